The number of nitrogens with two attached hydrogens (primary N) is 1. The van der Waals surface area contributed by atoms with E-state index in [4.69, 9.17) is 5.73 Å². The summed E-state index contributed by atoms with van der Waals surface area (Å²) in [5.41, 5.74) is 4.74. The number of hydrogen-bond donors (Lipinski definition) is 1. The number of piperidine rings is 1. The average molecular weight is 464 g/mol. The molecule has 190 valence electrons. The maximum atomic E-state index is 13.2. The molecule has 2 rings (SSSR count). The van der Waals surface area contributed by atoms with Gasteiger partial charge in [0.1, 0.15) is 0 Å². The second kappa shape index (κ2) is 12.3. The fraction of sp³-hybridized carbons (Fsp3) is 0.889. The van der Waals surface area contributed by atoms with E-state index in [-0.39, 0.29) is 36.2 Å². The van der Waals surface area contributed by atoms with Crippen molar-refractivity contribution in [2.24, 2.45) is 11.7 Å². The van der Waals surface area contributed by atoms with Gasteiger partial charge in [0.2, 0.25) is 17.7 Å². The maximum Gasteiger partial charge on any atom is 0.237 e. The number of nitrogens with zero attached hydrogens (tertiary/aromatic N) is 2. The van der Waals surface area contributed by atoms with E-state index in [1.165, 1.54) is 51.4 Å². The molecule has 6 heteroatoms. The largest absolute Gasteiger partial charge is 0.331 e. The van der Waals surface area contributed by atoms with Crippen LogP contribution in [0.5, 0.6) is 0 Å². The monoisotopic (exact) mass is 463 g/mol. The van der Waals surface area contributed by atoms with E-state index >= 15 is 0 Å². The lowest BCUT2D eigenvalue weighted by Crippen LogP contribution is -2.67. The minimum atomic E-state index is -0.460. The Morgan fingerprint density at radius 3 is 1.85 bits per heavy atom. The lowest BCUT2D eigenvalue weighted by Gasteiger charge is -2.56. The van der Waals surface area contributed by atoms with Crippen LogP contribution in [0.2, 0.25) is 0 Å². The lowest BCUT2D eigenvalue weighted by molar-refractivity contribution is -0.156. The molecule has 2 saturated heterocycles. The van der Waals surface area contributed by atoms with E-state index in [1.54, 1.807) is 4.90 Å². The van der Waals surface area contributed by atoms with E-state index in [0.29, 0.717) is 19.3 Å². The summed E-state index contributed by atoms with van der Waals surface area (Å²) in [4.78, 5) is 42.0. The molecule has 2 fully saturated rings. The van der Waals surface area contributed by atoms with Crippen LogP contribution in [0.3, 0.4) is 0 Å². The first kappa shape index (κ1) is 27.8. The first-order valence-electron chi connectivity index (χ1n) is 13.4. The summed E-state index contributed by atoms with van der Waals surface area (Å²) in [7, 11) is 0. The number of hydrogen-bond acceptors (Lipinski definition) is 4. The number of carbonyl (C=O) groups excluding carboxylic acids is 3. The fourth-order valence-electron chi connectivity index (χ4n) is 6.38. The van der Waals surface area contributed by atoms with Crippen LogP contribution in [-0.4, -0.2) is 51.2 Å². The Bertz CT molecular complexity index is 656. The molecule has 3 amide bonds. The highest BCUT2D eigenvalue weighted by atomic mass is 16.2. The van der Waals surface area contributed by atoms with Crippen molar-refractivity contribution in [2.75, 3.05) is 6.54 Å². The summed E-state index contributed by atoms with van der Waals surface area (Å²) in [6.07, 6.45) is 15.1. The molecule has 2 heterocycles. The second-order valence-corrected chi connectivity index (χ2v) is 11.6. The van der Waals surface area contributed by atoms with Crippen LogP contribution < -0.4 is 5.73 Å². The first-order valence-corrected chi connectivity index (χ1v) is 13.4. The molecular formula is C27H49N3O3. The van der Waals surface area contributed by atoms with Crippen LogP contribution in [0.4, 0.5) is 0 Å². The molecule has 0 aliphatic carbocycles. The Morgan fingerprint density at radius 2 is 1.36 bits per heavy atom. The zero-order chi connectivity index (χ0) is 24.6. The molecule has 0 spiro atoms. The van der Waals surface area contributed by atoms with Crippen LogP contribution >= 0.6 is 0 Å². The Kier molecular flexibility index (Phi) is 10.4. The van der Waals surface area contributed by atoms with Gasteiger partial charge in [0.25, 0.3) is 0 Å². The molecule has 0 aromatic heterocycles. The van der Waals surface area contributed by atoms with Gasteiger partial charge in [-0.15, -0.1) is 0 Å². The summed E-state index contributed by atoms with van der Waals surface area (Å²) in [5, 5.41) is 0. The lowest BCUT2D eigenvalue weighted by atomic mass is 9.76. The summed E-state index contributed by atoms with van der Waals surface area (Å²) < 4.78 is 0. The zero-order valence-electron chi connectivity index (χ0n) is 22.0. The van der Waals surface area contributed by atoms with Gasteiger partial charge in [0.05, 0.1) is 6.54 Å². The Balaban J connectivity index is 1.82. The summed E-state index contributed by atoms with van der Waals surface area (Å²) in [6, 6.07) is -0.158. The quantitative estimate of drug-likeness (QED) is 0.301. The number of likely N-dealkylation sites (tertiary alicyclic amines) is 2. The molecular weight excluding hydrogens is 414 g/mol. The van der Waals surface area contributed by atoms with Gasteiger partial charge in [0, 0.05) is 29.5 Å². The maximum absolute atomic E-state index is 13.2. The fourth-order valence-corrected chi connectivity index (χ4v) is 6.38. The third kappa shape index (κ3) is 7.27. The predicted octanol–water partition coefficient (Wildman–Crippen LogP) is 5.18. The number of unbranched alkanes of at least 4 members (excludes halogenated alkanes) is 9. The molecule has 1 atom stereocenters. The zero-order valence-corrected chi connectivity index (χ0v) is 22.0. The topological polar surface area (TPSA) is 83.7 Å². The van der Waals surface area contributed by atoms with Crippen molar-refractivity contribution < 1.29 is 14.4 Å². The number of amides is 3. The molecule has 6 nitrogen and oxygen atoms in total. The van der Waals surface area contributed by atoms with Gasteiger partial charge in [0.15, 0.2) is 0 Å². The van der Waals surface area contributed by atoms with Crippen molar-refractivity contribution in [3.8, 4) is 0 Å². The number of imide groups is 1. The predicted molar refractivity (Wildman–Crippen MR) is 134 cm³/mol. The van der Waals surface area contributed by atoms with Crippen LogP contribution in [0, 0.1) is 5.92 Å². The van der Waals surface area contributed by atoms with Crippen molar-refractivity contribution in [3.05, 3.63) is 0 Å². The second-order valence-electron chi connectivity index (χ2n) is 11.6. The van der Waals surface area contributed by atoms with Crippen molar-refractivity contribution in [1.29, 1.82) is 0 Å². The van der Waals surface area contributed by atoms with E-state index in [0.717, 1.165) is 19.3 Å². The van der Waals surface area contributed by atoms with E-state index in [9.17, 15) is 14.4 Å². The molecule has 0 bridgehead atoms. The summed E-state index contributed by atoms with van der Waals surface area (Å²) in [5.74, 6) is -0.277. The molecule has 0 saturated carbocycles. The highest BCUT2D eigenvalue weighted by Gasteiger charge is 2.52. The third-order valence-electron chi connectivity index (χ3n) is 7.65. The van der Waals surface area contributed by atoms with Crippen molar-refractivity contribution >= 4 is 17.7 Å². The molecule has 0 aromatic carbocycles. The van der Waals surface area contributed by atoms with Crippen LogP contribution in [-0.2, 0) is 14.4 Å². The molecule has 2 aliphatic rings. The summed E-state index contributed by atoms with van der Waals surface area (Å²) in [6.45, 7) is 10.3. The number of rotatable bonds is 13. The Hall–Kier alpha value is -1.43. The molecule has 0 radical (unpaired) electrons. The molecule has 33 heavy (non-hydrogen) atoms. The van der Waals surface area contributed by atoms with Crippen LogP contribution in [0.25, 0.3) is 0 Å². The Morgan fingerprint density at radius 1 is 0.879 bits per heavy atom. The van der Waals surface area contributed by atoms with Gasteiger partial charge in [-0.05, 0) is 47.0 Å². The standard InChI is InChI=1S/C27H49N3O3/c1-6-7-8-9-10-11-12-13-14-15-16-21-17-23(31)29(25(21)33)22-18-26(2,3)30(24(32)20-28)27(4,5)19-22/h21-22H,6-20,28H2,1-5H3. The van der Waals surface area contributed by atoms with Gasteiger partial charge in [-0.2, -0.15) is 0 Å². The normalized spacial score (nSPS) is 22.9. The van der Waals surface area contributed by atoms with Gasteiger partial charge < -0.3 is 10.6 Å². The summed E-state index contributed by atoms with van der Waals surface area (Å²) >= 11 is 0. The van der Waals surface area contributed by atoms with Gasteiger partial charge in [-0.1, -0.05) is 71.1 Å². The third-order valence-corrected chi connectivity index (χ3v) is 7.65. The molecule has 2 aliphatic heterocycles. The highest BCUT2D eigenvalue weighted by molar-refractivity contribution is 6.03. The Labute approximate surface area is 202 Å². The van der Waals surface area contributed by atoms with E-state index < -0.39 is 11.1 Å². The van der Waals surface area contributed by atoms with Crippen molar-refractivity contribution in [3.63, 3.8) is 0 Å². The van der Waals surface area contributed by atoms with Gasteiger partial charge in [-0.25, -0.2) is 0 Å². The van der Waals surface area contributed by atoms with Crippen molar-refractivity contribution in [1.82, 2.24) is 9.80 Å². The molecule has 2 N–H and O–H groups in total. The van der Waals surface area contributed by atoms with Crippen LogP contribution in [0.15, 0.2) is 0 Å². The SMILES string of the molecule is CCCCCCCCCCCCC1CC(=O)N(C2CC(C)(C)N(C(=O)CN)C(C)(C)C2)C1=O. The molecule has 1 unspecified atom stereocenters. The minimum absolute atomic E-state index is 0.00567. The van der Waals surface area contributed by atoms with E-state index in [1.807, 2.05) is 32.6 Å². The first-order chi connectivity index (χ1) is 15.5. The minimum Gasteiger partial charge on any atom is -0.331 e. The highest BCUT2D eigenvalue weighted by Crippen LogP contribution is 2.42. The van der Waals surface area contributed by atoms with E-state index in [2.05, 4.69) is 6.92 Å². The smallest absolute Gasteiger partial charge is 0.237 e. The van der Waals surface area contributed by atoms with Crippen LogP contribution in [0.1, 0.15) is 125 Å². The molecule has 0 aromatic rings. The number of carbonyl (C=O) groups is 3. The average Bonchev–Trinajstić information content (AvgIpc) is 3.00. The van der Waals surface area contributed by atoms with Gasteiger partial charge in [-0.3, -0.25) is 19.3 Å². The van der Waals surface area contributed by atoms with Crippen molar-refractivity contribution in [2.45, 2.75) is 142 Å². The van der Waals surface area contributed by atoms with Gasteiger partial charge >= 0.3 is 0 Å².